The fourth-order valence-corrected chi connectivity index (χ4v) is 2.65. The van der Waals surface area contributed by atoms with Crippen molar-refractivity contribution in [2.45, 2.75) is 38.5 Å². The van der Waals surface area contributed by atoms with Crippen molar-refractivity contribution in [2.24, 2.45) is 0 Å². The summed E-state index contributed by atoms with van der Waals surface area (Å²) in [7, 11) is 1.74. The molecule has 3 rings (SSSR count). The highest BCUT2D eigenvalue weighted by molar-refractivity contribution is 5.93. The number of carbonyl (C=O) groups excluding carboxylic acids is 1. The molecular formula is C16H21N5O2. The predicted octanol–water partition coefficient (Wildman–Crippen LogP) is 1.51. The average Bonchev–Trinajstić information content (AvgIpc) is 3.24. The van der Waals surface area contributed by atoms with Crippen molar-refractivity contribution in [3.8, 4) is 0 Å². The quantitative estimate of drug-likeness (QED) is 0.808. The number of nitrogens with zero attached hydrogens (tertiary/aromatic N) is 5. The summed E-state index contributed by atoms with van der Waals surface area (Å²) < 4.78 is 5.58. The number of carbonyl (C=O) groups is 1. The monoisotopic (exact) mass is 315 g/mol. The number of rotatable bonds is 6. The van der Waals surface area contributed by atoms with E-state index in [4.69, 9.17) is 4.74 Å². The summed E-state index contributed by atoms with van der Waals surface area (Å²) in [5, 5.41) is 12.4. The second kappa shape index (κ2) is 7.32. The number of hydrogen-bond acceptors (Lipinski definition) is 5. The Kier molecular flexibility index (Phi) is 4.97. The van der Waals surface area contributed by atoms with Crippen LogP contribution in [0.1, 0.15) is 35.4 Å². The van der Waals surface area contributed by atoms with E-state index < -0.39 is 0 Å². The van der Waals surface area contributed by atoms with Crippen molar-refractivity contribution in [1.29, 1.82) is 0 Å². The van der Waals surface area contributed by atoms with E-state index in [1.807, 2.05) is 18.2 Å². The standard InChI is InChI=1S/C16H21N5O2/c1-20(16(22)13-6-3-2-4-7-13)12-15-17-19-21(18-15)10-9-14-8-5-11-23-14/h2-4,6-7,14H,5,8-12H2,1H3. The molecular weight excluding hydrogens is 294 g/mol. The molecule has 122 valence electrons. The number of ether oxygens (including phenoxy) is 1. The van der Waals surface area contributed by atoms with Crippen LogP contribution in [0.5, 0.6) is 0 Å². The average molecular weight is 315 g/mol. The molecule has 0 bridgehead atoms. The minimum absolute atomic E-state index is 0.0543. The second-order valence-corrected chi connectivity index (χ2v) is 5.75. The normalized spacial score (nSPS) is 17.3. The lowest BCUT2D eigenvalue weighted by Gasteiger charge is -2.14. The van der Waals surface area contributed by atoms with Gasteiger partial charge in [0.15, 0.2) is 5.82 Å². The molecule has 2 heterocycles. The van der Waals surface area contributed by atoms with Gasteiger partial charge >= 0.3 is 0 Å². The molecule has 1 aromatic carbocycles. The molecule has 0 spiro atoms. The van der Waals surface area contributed by atoms with Gasteiger partial charge in [0, 0.05) is 19.2 Å². The van der Waals surface area contributed by atoms with Gasteiger partial charge in [0.05, 0.1) is 19.2 Å². The lowest BCUT2D eigenvalue weighted by Crippen LogP contribution is -2.26. The summed E-state index contributed by atoms with van der Waals surface area (Å²) in [5.41, 5.74) is 0.653. The summed E-state index contributed by atoms with van der Waals surface area (Å²) in [6.07, 6.45) is 3.45. The molecule has 0 aliphatic carbocycles. The zero-order chi connectivity index (χ0) is 16.1. The van der Waals surface area contributed by atoms with Crippen LogP contribution in [-0.4, -0.2) is 50.8 Å². The van der Waals surface area contributed by atoms with Crippen molar-refractivity contribution >= 4 is 5.91 Å². The zero-order valence-corrected chi connectivity index (χ0v) is 13.3. The molecule has 7 nitrogen and oxygen atoms in total. The first-order chi connectivity index (χ1) is 11.2. The predicted molar refractivity (Wildman–Crippen MR) is 83.6 cm³/mol. The second-order valence-electron chi connectivity index (χ2n) is 5.75. The summed E-state index contributed by atoms with van der Waals surface area (Å²) in [6, 6.07) is 9.18. The van der Waals surface area contributed by atoms with Crippen LogP contribution in [0.4, 0.5) is 0 Å². The van der Waals surface area contributed by atoms with Gasteiger partial charge in [-0.15, -0.1) is 10.2 Å². The van der Waals surface area contributed by atoms with Gasteiger partial charge in [0.1, 0.15) is 0 Å². The van der Waals surface area contributed by atoms with Gasteiger partial charge in [-0.1, -0.05) is 18.2 Å². The van der Waals surface area contributed by atoms with Crippen LogP contribution in [0, 0.1) is 0 Å². The zero-order valence-electron chi connectivity index (χ0n) is 13.3. The Morgan fingerprint density at radius 1 is 1.39 bits per heavy atom. The van der Waals surface area contributed by atoms with Gasteiger partial charge in [-0.2, -0.15) is 4.80 Å². The Morgan fingerprint density at radius 2 is 2.22 bits per heavy atom. The molecule has 1 aliphatic heterocycles. The van der Waals surface area contributed by atoms with E-state index in [2.05, 4.69) is 15.4 Å². The molecule has 1 saturated heterocycles. The summed E-state index contributed by atoms with van der Waals surface area (Å²) in [6.45, 7) is 1.88. The van der Waals surface area contributed by atoms with Gasteiger partial charge in [-0.25, -0.2) is 0 Å². The summed E-state index contributed by atoms with van der Waals surface area (Å²) in [5.74, 6) is 0.491. The lowest BCUT2D eigenvalue weighted by molar-refractivity contribution is 0.0781. The molecule has 2 aromatic rings. The number of hydrogen-bond donors (Lipinski definition) is 0. The third kappa shape index (κ3) is 4.13. The maximum absolute atomic E-state index is 12.3. The first-order valence-corrected chi connectivity index (χ1v) is 7.91. The van der Waals surface area contributed by atoms with Crippen LogP contribution in [0.25, 0.3) is 0 Å². The molecule has 1 aromatic heterocycles. The molecule has 1 atom stereocenters. The van der Waals surface area contributed by atoms with Crippen molar-refractivity contribution in [3.63, 3.8) is 0 Å². The van der Waals surface area contributed by atoms with Crippen LogP contribution in [0.3, 0.4) is 0 Å². The molecule has 0 saturated carbocycles. The fourth-order valence-electron chi connectivity index (χ4n) is 2.65. The molecule has 7 heteroatoms. The molecule has 23 heavy (non-hydrogen) atoms. The van der Waals surface area contributed by atoms with Gasteiger partial charge in [0.25, 0.3) is 5.91 Å². The Balaban J connectivity index is 1.52. The number of aryl methyl sites for hydroxylation is 1. The highest BCUT2D eigenvalue weighted by Crippen LogP contribution is 2.15. The Hall–Kier alpha value is -2.28. The van der Waals surface area contributed by atoms with Crippen LogP contribution < -0.4 is 0 Å². The minimum Gasteiger partial charge on any atom is -0.378 e. The number of benzene rings is 1. The topological polar surface area (TPSA) is 73.1 Å². The highest BCUT2D eigenvalue weighted by atomic mass is 16.5. The third-order valence-corrected chi connectivity index (χ3v) is 3.92. The first-order valence-electron chi connectivity index (χ1n) is 7.91. The van der Waals surface area contributed by atoms with Crippen LogP contribution in [0.15, 0.2) is 30.3 Å². The van der Waals surface area contributed by atoms with E-state index in [-0.39, 0.29) is 5.91 Å². The van der Waals surface area contributed by atoms with Gasteiger partial charge in [-0.05, 0) is 36.6 Å². The van der Waals surface area contributed by atoms with Crippen LogP contribution >= 0.6 is 0 Å². The lowest BCUT2D eigenvalue weighted by atomic mass is 10.2. The third-order valence-electron chi connectivity index (χ3n) is 3.92. The van der Waals surface area contributed by atoms with E-state index in [0.717, 1.165) is 25.9 Å². The molecule has 1 aliphatic rings. The molecule has 1 fully saturated rings. The molecule has 1 amide bonds. The van der Waals surface area contributed by atoms with Gasteiger partial charge in [-0.3, -0.25) is 4.79 Å². The fraction of sp³-hybridized carbons (Fsp3) is 0.500. The molecule has 0 N–H and O–H groups in total. The van der Waals surface area contributed by atoms with E-state index in [9.17, 15) is 4.79 Å². The van der Waals surface area contributed by atoms with E-state index in [1.54, 1.807) is 28.9 Å². The molecule has 1 unspecified atom stereocenters. The Bertz CT molecular complexity index is 637. The molecule has 0 radical (unpaired) electrons. The van der Waals surface area contributed by atoms with E-state index in [1.165, 1.54) is 0 Å². The van der Waals surface area contributed by atoms with Crippen LogP contribution in [-0.2, 0) is 17.8 Å². The SMILES string of the molecule is CN(Cc1nnn(CCC2CCCO2)n1)C(=O)c1ccccc1. The largest absolute Gasteiger partial charge is 0.378 e. The van der Waals surface area contributed by atoms with Crippen LogP contribution in [0.2, 0.25) is 0 Å². The number of tetrazole rings is 1. The van der Waals surface area contributed by atoms with E-state index >= 15 is 0 Å². The van der Waals surface area contributed by atoms with Gasteiger partial charge < -0.3 is 9.64 Å². The minimum atomic E-state index is -0.0543. The van der Waals surface area contributed by atoms with Gasteiger partial charge in [0.2, 0.25) is 0 Å². The smallest absolute Gasteiger partial charge is 0.254 e. The maximum atomic E-state index is 12.3. The summed E-state index contributed by atoms with van der Waals surface area (Å²) in [4.78, 5) is 15.5. The van der Waals surface area contributed by atoms with Crippen molar-refractivity contribution in [3.05, 3.63) is 41.7 Å². The van der Waals surface area contributed by atoms with E-state index in [0.29, 0.717) is 30.6 Å². The maximum Gasteiger partial charge on any atom is 0.254 e. The van der Waals surface area contributed by atoms with Crippen molar-refractivity contribution in [1.82, 2.24) is 25.1 Å². The van der Waals surface area contributed by atoms with Crippen molar-refractivity contribution in [2.75, 3.05) is 13.7 Å². The number of aromatic nitrogens is 4. The Labute approximate surface area is 135 Å². The number of amides is 1. The Morgan fingerprint density at radius 3 is 2.96 bits per heavy atom. The first kappa shape index (κ1) is 15.6. The summed E-state index contributed by atoms with van der Waals surface area (Å²) >= 11 is 0. The van der Waals surface area contributed by atoms with Crippen molar-refractivity contribution < 1.29 is 9.53 Å². The highest BCUT2D eigenvalue weighted by Gasteiger charge is 2.17.